The normalized spacial score (nSPS) is 16.7. The van der Waals surface area contributed by atoms with E-state index in [0.29, 0.717) is 12.0 Å². The van der Waals surface area contributed by atoms with Crippen molar-refractivity contribution in [1.29, 1.82) is 0 Å². The summed E-state index contributed by atoms with van der Waals surface area (Å²) < 4.78 is 2.14. The molecule has 1 aliphatic rings. The molecule has 1 fully saturated rings. The maximum atomic E-state index is 4.38. The van der Waals surface area contributed by atoms with Gasteiger partial charge >= 0.3 is 0 Å². The van der Waals surface area contributed by atoms with E-state index in [1.54, 1.807) is 11.3 Å². The molecule has 0 bridgehead atoms. The molecule has 6 heteroatoms. The summed E-state index contributed by atoms with van der Waals surface area (Å²) in [5, 5.41) is 15.3. The number of aromatic nitrogens is 4. The molecule has 2 aromatic rings. The van der Waals surface area contributed by atoms with E-state index in [1.807, 2.05) is 11.6 Å². The summed E-state index contributed by atoms with van der Waals surface area (Å²) >= 11 is 1.70. The van der Waals surface area contributed by atoms with Gasteiger partial charge in [0.15, 0.2) is 0 Å². The van der Waals surface area contributed by atoms with Gasteiger partial charge in [0.05, 0.1) is 12.6 Å². The van der Waals surface area contributed by atoms with Gasteiger partial charge < -0.3 is 9.88 Å². The summed E-state index contributed by atoms with van der Waals surface area (Å²) in [6, 6.07) is 0.307. The van der Waals surface area contributed by atoms with E-state index in [1.165, 1.54) is 12.8 Å². The summed E-state index contributed by atoms with van der Waals surface area (Å²) in [6.07, 6.45) is 5.41. The SMILES string of the molecule is CCC(NCc1nnc(C2CC2)n1C)c1nccs1. The molecule has 1 N–H and O–H groups in total. The van der Waals surface area contributed by atoms with E-state index < -0.39 is 0 Å². The average molecular weight is 277 g/mol. The van der Waals surface area contributed by atoms with Crippen LogP contribution in [-0.4, -0.2) is 19.7 Å². The lowest BCUT2D eigenvalue weighted by molar-refractivity contribution is 0.498. The fourth-order valence-electron chi connectivity index (χ4n) is 2.25. The number of nitrogens with one attached hydrogen (secondary N) is 1. The highest BCUT2D eigenvalue weighted by Crippen LogP contribution is 2.38. The molecule has 3 rings (SSSR count). The van der Waals surface area contributed by atoms with Crippen molar-refractivity contribution in [1.82, 2.24) is 25.1 Å². The molecular weight excluding hydrogens is 258 g/mol. The van der Waals surface area contributed by atoms with Crippen molar-refractivity contribution in [2.75, 3.05) is 0 Å². The van der Waals surface area contributed by atoms with Crippen LogP contribution in [-0.2, 0) is 13.6 Å². The maximum Gasteiger partial charge on any atom is 0.146 e. The van der Waals surface area contributed by atoms with Crippen LogP contribution in [0.1, 0.15) is 54.8 Å². The number of rotatable bonds is 6. The van der Waals surface area contributed by atoms with Crippen molar-refractivity contribution in [3.05, 3.63) is 28.2 Å². The monoisotopic (exact) mass is 277 g/mol. The highest BCUT2D eigenvalue weighted by Gasteiger charge is 2.29. The molecule has 0 radical (unpaired) electrons. The Morgan fingerprint density at radius 2 is 2.32 bits per heavy atom. The standard InChI is InChI=1S/C13H19N5S/c1-3-10(13-14-6-7-19-13)15-8-11-16-17-12(18(11)2)9-4-5-9/h6-7,9-10,15H,3-5,8H2,1-2H3. The quantitative estimate of drug-likeness (QED) is 0.881. The van der Waals surface area contributed by atoms with E-state index in [-0.39, 0.29) is 0 Å². The Balaban J connectivity index is 1.65. The molecule has 5 nitrogen and oxygen atoms in total. The van der Waals surface area contributed by atoms with Crippen molar-refractivity contribution in [3.8, 4) is 0 Å². The minimum absolute atomic E-state index is 0.307. The van der Waals surface area contributed by atoms with Crippen LogP contribution in [0.3, 0.4) is 0 Å². The van der Waals surface area contributed by atoms with Gasteiger partial charge in [0.2, 0.25) is 0 Å². The van der Waals surface area contributed by atoms with Crippen LogP contribution >= 0.6 is 11.3 Å². The highest BCUT2D eigenvalue weighted by atomic mass is 32.1. The second-order valence-corrected chi connectivity index (χ2v) is 5.95. The number of hydrogen-bond donors (Lipinski definition) is 1. The summed E-state index contributed by atoms with van der Waals surface area (Å²) in [4.78, 5) is 4.38. The number of nitrogens with zero attached hydrogens (tertiary/aromatic N) is 4. The maximum absolute atomic E-state index is 4.38. The molecule has 0 aromatic carbocycles. The van der Waals surface area contributed by atoms with Gasteiger partial charge in [-0.05, 0) is 19.3 Å². The zero-order valence-electron chi connectivity index (χ0n) is 11.3. The molecule has 0 aliphatic heterocycles. The first-order chi connectivity index (χ1) is 9.29. The van der Waals surface area contributed by atoms with Crippen LogP contribution in [0.2, 0.25) is 0 Å². The summed E-state index contributed by atoms with van der Waals surface area (Å²) in [5.74, 6) is 2.79. The Morgan fingerprint density at radius 3 is 2.95 bits per heavy atom. The fraction of sp³-hybridized carbons (Fsp3) is 0.615. The summed E-state index contributed by atoms with van der Waals surface area (Å²) in [5.41, 5.74) is 0. The summed E-state index contributed by atoms with van der Waals surface area (Å²) in [6.45, 7) is 2.92. The van der Waals surface area contributed by atoms with Gasteiger partial charge in [0, 0.05) is 24.5 Å². The third-order valence-corrected chi connectivity index (χ3v) is 4.49. The van der Waals surface area contributed by atoms with E-state index in [9.17, 15) is 0 Å². The lowest BCUT2D eigenvalue weighted by atomic mass is 10.2. The van der Waals surface area contributed by atoms with E-state index in [0.717, 1.165) is 29.6 Å². The molecule has 2 aromatic heterocycles. The molecular formula is C13H19N5S. The molecule has 1 saturated carbocycles. The van der Waals surface area contributed by atoms with Crippen LogP contribution in [0.25, 0.3) is 0 Å². The van der Waals surface area contributed by atoms with Gasteiger partial charge in [-0.3, -0.25) is 0 Å². The predicted molar refractivity (Wildman–Crippen MR) is 75.0 cm³/mol. The third kappa shape index (κ3) is 2.69. The van der Waals surface area contributed by atoms with Gasteiger partial charge in [-0.15, -0.1) is 21.5 Å². The Bertz CT molecular complexity index is 529. The highest BCUT2D eigenvalue weighted by molar-refractivity contribution is 7.09. The fourth-order valence-corrected chi connectivity index (χ4v) is 3.05. The largest absolute Gasteiger partial charge is 0.317 e. The number of hydrogen-bond acceptors (Lipinski definition) is 5. The predicted octanol–water partition coefficient (Wildman–Crippen LogP) is 2.39. The Hall–Kier alpha value is -1.27. The molecule has 1 atom stereocenters. The molecule has 102 valence electrons. The molecule has 19 heavy (non-hydrogen) atoms. The van der Waals surface area contributed by atoms with Crippen LogP contribution in [0, 0.1) is 0 Å². The molecule has 2 heterocycles. The Morgan fingerprint density at radius 1 is 1.47 bits per heavy atom. The molecule has 1 aliphatic carbocycles. The minimum atomic E-state index is 0.307. The number of thiazole rings is 1. The summed E-state index contributed by atoms with van der Waals surface area (Å²) in [7, 11) is 2.06. The van der Waals surface area contributed by atoms with Crippen molar-refractivity contribution < 1.29 is 0 Å². The second kappa shape index (κ2) is 5.38. The van der Waals surface area contributed by atoms with Crippen LogP contribution < -0.4 is 5.32 Å². The molecule has 1 unspecified atom stereocenters. The van der Waals surface area contributed by atoms with Crippen LogP contribution in [0.15, 0.2) is 11.6 Å². The molecule has 0 saturated heterocycles. The Kier molecular flexibility index (Phi) is 3.61. The van der Waals surface area contributed by atoms with Gasteiger partial charge in [0.1, 0.15) is 16.7 Å². The van der Waals surface area contributed by atoms with Gasteiger partial charge in [-0.2, -0.15) is 0 Å². The lowest BCUT2D eigenvalue weighted by Crippen LogP contribution is -2.22. The second-order valence-electron chi connectivity index (χ2n) is 5.02. The van der Waals surface area contributed by atoms with Crippen LogP contribution in [0.5, 0.6) is 0 Å². The molecule has 0 amide bonds. The van der Waals surface area contributed by atoms with E-state index >= 15 is 0 Å². The zero-order valence-corrected chi connectivity index (χ0v) is 12.2. The van der Waals surface area contributed by atoms with Crippen molar-refractivity contribution >= 4 is 11.3 Å². The van der Waals surface area contributed by atoms with Crippen molar-refractivity contribution in [3.63, 3.8) is 0 Å². The van der Waals surface area contributed by atoms with Crippen LogP contribution in [0.4, 0.5) is 0 Å². The smallest absolute Gasteiger partial charge is 0.146 e. The van der Waals surface area contributed by atoms with E-state index in [2.05, 4.69) is 39.0 Å². The van der Waals surface area contributed by atoms with Gasteiger partial charge in [-0.1, -0.05) is 6.92 Å². The first-order valence-corrected chi connectivity index (χ1v) is 7.68. The van der Waals surface area contributed by atoms with Crippen molar-refractivity contribution in [2.45, 2.75) is 44.7 Å². The first-order valence-electron chi connectivity index (χ1n) is 6.80. The minimum Gasteiger partial charge on any atom is -0.317 e. The lowest BCUT2D eigenvalue weighted by Gasteiger charge is -2.13. The van der Waals surface area contributed by atoms with Crippen molar-refractivity contribution in [2.24, 2.45) is 7.05 Å². The van der Waals surface area contributed by atoms with E-state index in [4.69, 9.17) is 0 Å². The first kappa shape index (κ1) is 12.7. The zero-order chi connectivity index (χ0) is 13.2. The molecule has 0 spiro atoms. The topological polar surface area (TPSA) is 55.6 Å². The van der Waals surface area contributed by atoms with Gasteiger partial charge in [0.25, 0.3) is 0 Å². The average Bonchev–Trinajstić information content (AvgIpc) is 2.98. The Labute approximate surface area is 117 Å². The van der Waals surface area contributed by atoms with Gasteiger partial charge in [-0.25, -0.2) is 4.98 Å². The third-order valence-electron chi connectivity index (χ3n) is 3.61.